The Morgan fingerprint density at radius 2 is 1.93 bits per heavy atom. The molecule has 6 nitrogen and oxygen atoms in total. The molecule has 0 saturated heterocycles. The summed E-state index contributed by atoms with van der Waals surface area (Å²) in [6.07, 6.45) is 10.2. The molecule has 0 atom stereocenters. The molecule has 1 aliphatic rings. The van der Waals surface area contributed by atoms with Gasteiger partial charge in [0.25, 0.3) is 5.91 Å². The molecule has 1 aliphatic carbocycles. The average Bonchev–Trinajstić information content (AvgIpc) is 3.42. The Hall–Kier alpha value is -3.15. The molecule has 1 aromatic carbocycles. The number of aromatic nitrogens is 3. The molecule has 3 aromatic rings. The van der Waals surface area contributed by atoms with Crippen LogP contribution in [0.4, 0.5) is 0 Å². The van der Waals surface area contributed by atoms with Crippen LogP contribution in [0, 0.1) is 0 Å². The molecule has 2 aromatic heterocycles. The zero-order valence-electron chi connectivity index (χ0n) is 15.8. The van der Waals surface area contributed by atoms with Crippen molar-refractivity contribution in [3.8, 4) is 5.88 Å². The van der Waals surface area contributed by atoms with Crippen LogP contribution >= 0.6 is 0 Å². The lowest BCUT2D eigenvalue weighted by Gasteiger charge is -2.15. The number of ether oxygens (including phenoxy) is 1. The molecule has 1 fully saturated rings. The highest BCUT2D eigenvalue weighted by molar-refractivity contribution is 5.94. The van der Waals surface area contributed by atoms with E-state index in [2.05, 4.69) is 15.4 Å². The van der Waals surface area contributed by atoms with Crippen molar-refractivity contribution in [2.45, 2.75) is 44.9 Å². The molecule has 1 amide bonds. The van der Waals surface area contributed by atoms with Gasteiger partial charge < -0.3 is 10.1 Å². The fraction of sp³-hybridized carbons (Fsp3) is 0.318. The summed E-state index contributed by atoms with van der Waals surface area (Å²) < 4.78 is 7.89. The lowest BCUT2D eigenvalue weighted by molar-refractivity contribution is 0.0950. The number of benzene rings is 1. The number of rotatable bonds is 7. The van der Waals surface area contributed by atoms with Crippen LogP contribution in [0.1, 0.15) is 47.2 Å². The smallest absolute Gasteiger partial charge is 0.251 e. The van der Waals surface area contributed by atoms with Crippen molar-refractivity contribution in [1.29, 1.82) is 0 Å². The van der Waals surface area contributed by atoms with Gasteiger partial charge >= 0.3 is 0 Å². The maximum absolute atomic E-state index is 12.5. The highest BCUT2D eigenvalue weighted by Crippen LogP contribution is 2.25. The second-order valence-electron chi connectivity index (χ2n) is 7.08. The number of pyridine rings is 1. The third-order valence-electron chi connectivity index (χ3n) is 4.99. The summed E-state index contributed by atoms with van der Waals surface area (Å²) in [6.45, 7) is 1.08. The van der Waals surface area contributed by atoms with E-state index < -0.39 is 0 Å². The molecular weight excluding hydrogens is 352 g/mol. The number of nitrogens with zero attached hydrogens (tertiary/aromatic N) is 3. The van der Waals surface area contributed by atoms with E-state index in [9.17, 15) is 4.79 Å². The summed E-state index contributed by atoms with van der Waals surface area (Å²) in [5.74, 6) is 0.519. The van der Waals surface area contributed by atoms with Gasteiger partial charge in [-0.25, -0.2) is 4.98 Å². The molecule has 28 heavy (non-hydrogen) atoms. The van der Waals surface area contributed by atoms with E-state index in [0.717, 1.165) is 24.0 Å². The molecule has 0 bridgehead atoms. The number of hydrogen-bond donors (Lipinski definition) is 1. The van der Waals surface area contributed by atoms with Crippen molar-refractivity contribution in [3.63, 3.8) is 0 Å². The van der Waals surface area contributed by atoms with Gasteiger partial charge in [0.15, 0.2) is 0 Å². The van der Waals surface area contributed by atoms with Crippen LogP contribution in [0.5, 0.6) is 5.88 Å². The van der Waals surface area contributed by atoms with E-state index in [0.29, 0.717) is 24.5 Å². The zero-order valence-corrected chi connectivity index (χ0v) is 15.8. The summed E-state index contributed by atoms with van der Waals surface area (Å²) in [4.78, 5) is 16.9. The zero-order chi connectivity index (χ0) is 19.2. The van der Waals surface area contributed by atoms with Crippen molar-refractivity contribution in [3.05, 3.63) is 77.7 Å². The highest BCUT2D eigenvalue weighted by Gasteiger charge is 2.18. The van der Waals surface area contributed by atoms with E-state index in [1.807, 2.05) is 53.3 Å². The van der Waals surface area contributed by atoms with Crippen molar-refractivity contribution in [2.24, 2.45) is 0 Å². The number of amides is 1. The average molecular weight is 376 g/mol. The number of nitrogens with one attached hydrogen (secondary N) is 1. The maximum Gasteiger partial charge on any atom is 0.251 e. The Morgan fingerprint density at radius 1 is 1.11 bits per heavy atom. The molecular formula is C22H24N4O2. The maximum atomic E-state index is 12.5. The molecule has 0 unspecified atom stereocenters. The quantitative estimate of drug-likeness (QED) is 0.684. The number of hydrogen-bond acceptors (Lipinski definition) is 4. The molecule has 6 heteroatoms. The van der Waals surface area contributed by atoms with Gasteiger partial charge in [0.05, 0.1) is 6.54 Å². The SMILES string of the molecule is O=C(NCc1cccnc1OC1CCCC1)c1ccc(Cn2cccn2)cc1. The summed E-state index contributed by atoms with van der Waals surface area (Å²) >= 11 is 0. The third-order valence-corrected chi connectivity index (χ3v) is 4.99. The van der Waals surface area contributed by atoms with Crippen molar-refractivity contribution >= 4 is 5.91 Å². The van der Waals surface area contributed by atoms with Crippen LogP contribution in [0.3, 0.4) is 0 Å². The van der Waals surface area contributed by atoms with Gasteiger partial charge in [-0.05, 0) is 55.5 Å². The number of carbonyl (C=O) groups excluding carboxylic acids is 1. The first-order valence-corrected chi connectivity index (χ1v) is 9.73. The summed E-state index contributed by atoms with van der Waals surface area (Å²) in [5, 5.41) is 7.17. The Morgan fingerprint density at radius 3 is 2.68 bits per heavy atom. The Bertz CT molecular complexity index is 901. The van der Waals surface area contributed by atoms with Crippen molar-refractivity contribution in [2.75, 3.05) is 0 Å². The van der Waals surface area contributed by atoms with Gasteiger partial charge in [-0.3, -0.25) is 9.48 Å². The van der Waals surface area contributed by atoms with Gasteiger partial charge in [0.2, 0.25) is 5.88 Å². The van der Waals surface area contributed by atoms with Gasteiger partial charge in [-0.15, -0.1) is 0 Å². The second kappa shape index (κ2) is 8.69. The lowest BCUT2D eigenvalue weighted by atomic mass is 10.1. The van der Waals surface area contributed by atoms with Crippen molar-refractivity contribution < 1.29 is 9.53 Å². The number of carbonyl (C=O) groups is 1. The van der Waals surface area contributed by atoms with Crippen molar-refractivity contribution in [1.82, 2.24) is 20.1 Å². The Balaban J connectivity index is 1.35. The Kier molecular flexibility index (Phi) is 5.66. The minimum absolute atomic E-state index is 0.110. The van der Waals surface area contributed by atoms with Gasteiger partial charge in [0, 0.05) is 36.3 Å². The van der Waals surface area contributed by atoms with Crippen LogP contribution in [0.2, 0.25) is 0 Å². The molecule has 2 heterocycles. The predicted molar refractivity (Wildman–Crippen MR) is 106 cm³/mol. The van der Waals surface area contributed by atoms with Crippen LogP contribution in [0.15, 0.2) is 61.1 Å². The summed E-state index contributed by atoms with van der Waals surface area (Å²) in [7, 11) is 0. The van der Waals surface area contributed by atoms with Crippen LogP contribution in [-0.4, -0.2) is 26.8 Å². The molecule has 1 N–H and O–H groups in total. The molecule has 1 saturated carbocycles. The first kappa shape index (κ1) is 18.2. The van der Waals surface area contributed by atoms with E-state index in [1.165, 1.54) is 12.8 Å². The molecule has 144 valence electrons. The molecule has 4 rings (SSSR count). The Labute approximate surface area is 164 Å². The highest BCUT2D eigenvalue weighted by atomic mass is 16.5. The van der Waals surface area contributed by atoms with Crippen LogP contribution in [0.25, 0.3) is 0 Å². The third kappa shape index (κ3) is 4.57. The van der Waals surface area contributed by atoms with Gasteiger partial charge in [-0.2, -0.15) is 5.10 Å². The minimum atomic E-state index is -0.110. The summed E-state index contributed by atoms with van der Waals surface area (Å²) in [5.41, 5.74) is 2.63. The van der Waals surface area contributed by atoms with Crippen LogP contribution < -0.4 is 10.1 Å². The van der Waals surface area contributed by atoms with Gasteiger partial charge in [0.1, 0.15) is 6.10 Å². The van der Waals surface area contributed by atoms with E-state index in [1.54, 1.807) is 12.4 Å². The fourth-order valence-electron chi connectivity index (χ4n) is 3.45. The fourth-order valence-corrected chi connectivity index (χ4v) is 3.45. The largest absolute Gasteiger partial charge is 0.474 e. The standard InChI is InChI=1S/C22H24N4O2/c27-21(18-10-8-17(9-11-18)16-26-14-4-13-25-26)24-15-19-5-3-12-23-22(19)28-20-6-1-2-7-20/h3-5,8-14,20H,1-2,6-7,15-16H2,(H,24,27). The lowest BCUT2D eigenvalue weighted by Crippen LogP contribution is -2.24. The van der Waals surface area contributed by atoms with E-state index in [4.69, 9.17) is 4.74 Å². The topological polar surface area (TPSA) is 69.0 Å². The molecule has 0 aliphatic heterocycles. The second-order valence-corrected chi connectivity index (χ2v) is 7.08. The summed E-state index contributed by atoms with van der Waals surface area (Å²) in [6, 6.07) is 13.3. The predicted octanol–water partition coefficient (Wildman–Crippen LogP) is 3.58. The monoisotopic (exact) mass is 376 g/mol. The molecule has 0 radical (unpaired) electrons. The minimum Gasteiger partial charge on any atom is -0.474 e. The van der Waals surface area contributed by atoms with Gasteiger partial charge in [-0.1, -0.05) is 18.2 Å². The van der Waals surface area contributed by atoms with Crippen LogP contribution in [-0.2, 0) is 13.1 Å². The van der Waals surface area contributed by atoms with E-state index in [-0.39, 0.29) is 12.0 Å². The molecule has 0 spiro atoms. The first-order valence-electron chi connectivity index (χ1n) is 9.73. The van der Waals surface area contributed by atoms with E-state index >= 15 is 0 Å². The normalized spacial score (nSPS) is 14.1. The first-order chi connectivity index (χ1) is 13.8.